The van der Waals surface area contributed by atoms with Crippen molar-refractivity contribution < 1.29 is 38.1 Å². The molecule has 1 aromatic rings. The number of halogens is 1. The van der Waals surface area contributed by atoms with E-state index in [2.05, 4.69) is 17.6 Å². The summed E-state index contributed by atoms with van der Waals surface area (Å²) in [5.41, 5.74) is -0.580. The van der Waals surface area contributed by atoms with Crippen molar-refractivity contribution in [3.8, 4) is 11.5 Å². The van der Waals surface area contributed by atoms with Crippen molar-refractivity contribution in [2.24, 2.45) is 16.7 Å². The van der Waals surface area contributed by atoms with Crippen molar-refractivity contribution in [1.29, 1.82) is 0 Å². The van der Waals surface area contributed by atoms with Gasteiger partial charge >= 0.3 is 5.97 Å². The predicted molar refractivity (Wildman–Crippen MR) is 139 cm³/mol. The van der Waals surface area contributed by atoms with E-state index in [1.807, 2.05) is 0 Å². The highest BCUT2D eigenvalue weighted by Crippen LogP contribution is 2.42. The van der Waals surface area contributed by atoms with Crippen molar-refractivity contribution in [3.63, 3.8) is 0 Å². The molecule has 9 nitrogen and oxygen atoms in total. The van der Waals surface area contributed by atoms with E-state index in [0.717, 1.165) is 31.7 Å². The quantitative estimate of drug-likeness (QED) is 0.430. The Hall–Kier alpha value is -2.88. The molecule has 4 aliphatic rings. The summed E-state index contributed by atoms with van der Waals surface area (Å²) >= 11 is 0. The molecule has 0 radical (unpaired) electrons. The molecule has 39 heavy (non-hydrogen) atoms. The van der Waals surface area contributed by atoms with Gasteiger partial charge in [0.15, 0.2) is 11.6 Å². The lowest BCUT2D eigenvalue weighted by Gasteiger charge is -2.39. The summed E-state index contributed by atoms with van der Waals surface area (Å²) in [4.78, 5) is 38.2. The normalized spacial score (nSPS) is 32.7. The molecule has 1 aromatic carbocycles. The predicted octanol–water partition coefficient (Wildman–Crippen LogP) is 3.83. The van der Waals surface area contributed by atoms with Crippen LogP contribution < -0.4 is 20.1 Å². The average molecular weight is 547 g/mol. The Labute approximate surface area is 228 Å². The molecule has 2 bridgehead atoms. The van der Waals surface area contributed by atoms with Gasteiger partial charge in [-0.3, -0.25) is 14.4 Å². The van der Waals surface area contributed by atoms with E-state index in [4.69, 9.17) is 14.2 Å². The van der Waals surface area contributed by atoms with Gasteiger partial charge in [-0.05, 0) is 69.8 Å². The Morgan fingerprint density at radius 1 is 1.05 bits per heavy atom. The van der Waals surface area contributed by atoms with Crippen LogP contribution in [0.15, 0.2) is 12.1 Å². The zero-order valence-electron chi connectivity index (χ0n) is 22.9. The number of carbonyl (C=O) groups excluding carboxylic acids is 2. The summed E-state index contributed by atoms with van der Waals surface area (Å²) in [5.74, 6) is -2.64. The third-order valence-electron chi connectivity index (χ3n) is 9.47. The Morgan fingerprint density at radius 2 is 1.74 bits per heavy atom. The second-order valence-electron chi connectivity index (χ2n) is 12.4. The van der Waals surface area contributed by atoms with Gasteiger partial charge in [-0.15, -0.1) is 0 Å². The van der Waals surface area contributed by atoms with Gasteiger partial charge < -0.3 is 30.0 Å². The van der Waals surface area contributed by atoms with Crippen LogP contribution in [0.1, 0.15) is 82.0 Å². The van der Waals surface area contributed by atoms with Crippen LogP contribution in [0.4, 0.5) is 4.39 Å². The minimum atomic E-state index is -0.843. The lowest BCUT2D eigenvalue weighted by molar-refractivity contribution is -0.150. The molecular weight excluding hydrogens is 507 g/mol. The third-order valence-corrected chi connectivity index (χ3v) is 9.47. The van der Waals surface area contributed by atoms with E-state index < -0.39 is 35.1 Å². The van der Waals surface area contributed by atoms with E-state index in [-0.39, 0.29) is 46.7 Å². The fourth-order valence-electron chi connectivity index (χ4n) is 6.51. The number of aliphatic carboxylic acids is 1. The molecule has 2 heterocycles. The second-order valence-corrected chi connectivity index (χ2v) is 12.4. The standard InChI is InChI=1S/C29H39FN2O7/c1-28(9-4-10-28)15-31-26(34)23-19-5-6-20(39-19)24(23)32-25(33)17-13-22(18(30)14-21(17)37-3)38-16-7-11-29(2,12-8-16)27(35)36/h13-14,16,19-20,23-24H,4-12,15H2,1-3H3,(H,31,34)(H,32,33)(H,35,36)/t16?,19-,20+,23-,24+,29?/m1/s1. The lowest BCUT2D eigenvalue weighted by Crippen LogP contribution is -2.53. The van der Waals surface area contributed by atoms with Gasteiger partial charge in [0.25, 0.3) is 5.91 Å². The maximum absolute atomic E-state index is 14.9. The Morgan fingerprint density at radius 3 is 2.36 bits per heavy atom. The maximum atomic E-state index is 14.9. The molecule has 10 heteroatoms. The fraction of sp³-hybridized carbons (Fsp3) is 0.690. The second kappa shape index (κ2) is 10.6. The molecule has 0 aromatic heterocycles. The van der Waals surface area contributed by atoms with Crippen LogP contribution >= 0.6 is 0 Å². The summed E-state index contributed by atoms with van der Waals surface area (Å²) in [5, 5.41) is 15.5. The van der Waals surface area contributed by atoms with Crippen molar-refractivity contribution in [1.82, 2.24) is 10.6 Å². The summed E-state index contributed by atoms with van der Waals surface area (Å²) in [6.07, 6.45) is 5.79. The number of carbonyl (C=O) groups is 3. The molecule has 4 fully saturated rings. The van der Waals surface area contributed by atoms with Crippen LogP contribution in [0.2, 0.25) is 0 Å². The molecule has 0 unspecified atom stereocenters. The first-order valence-electron chi connectivity index (χ1n) is 14.0. The zero-order valence-corrected chi connectivity index (χ0v) is 22.9. The molecule has 2 aliphatic carbocycles. The third kappa shape index (κ3) is 5.44. The molecule has 2 saturated heterocycles. The minimum absolute atomic E-state index is 0.0578. The Kier molecular flexibility index (Phi) is 7.52. The van der Waals surface area contributed by atoms with Crippen LogP contribution in [0.5, 0.6) is 11.5 Å². The number of hydrogen-bond acceptors (Lipinski definition) is 6. The van der Waals surface area contributed by atoms with Gasteiger partial charge in [0.1, 0.15) is 5.75 Å². The molecule has 214 valence electrons. The molecule has 2 saturated carbocycles. The van der Waals surface area contributed by atoms with Gasteiger partial charge in [-0.2, -0.15) is 0 Å². The van der Waals surface area contributed by atoms with Crippen LogP contribution in [0, 0.1) is 22.6 Å². The fourth-order valence-corrected chi connectivity index (χ4v) is 6.51. The summed E-state index contributed by atoms with van der Waals surface area (Å²) < 4.78 is 32.2. The largest absolute Gasteiger partial charge is 0.496 e. The van der Waals surface area contributed by atoms with Crippen molar-refractivity contribution in [3.05, 3.63) is 23.5 Å². The van der Waals surface area contributed by atoms with E-state index >= 15 is 0 Å². The number of fused-ring (bicyclic) bond motifs is 2. The number of carboxylic acids is 1. The molecule has 2 amide bonds. The highest BCUT2D eigenvalue weighted by Gasteiger charge is 2.53. The first kappa shape index (κ1) is 27.7. The van der Waals surface area contributed by atoms with Crippen molar-refractivity contribution in [2.45, 2.75) is 96.0 Å². The number of amides is 2. The molecule has 0 spiro atoms. The van der Waals surface area contributed by atoms with E-state index in [9.17, 15) is 23.9 Å². The van der Waals surface area contributed by atoms with E-state index in [1.54, 1.807) is 6.92 Å². The molecule has 3 N–H and O–H groups in total. The number of rotatable bonds is 9. The Balaban J connectivity index is 1.28. The topological polar surface area (TPSA) is 123 Å². The van der Waals surface area contributed by atoms with Gasteiger partial charge in [0.05, 0.1) is 48.4 Å². The van der Waals surface area contributed by atoms with Crippen LogP contribution in [-0.2, 0) is 14.3 Å². The molecule has 4 atom stereocenters. The number of benzene rings is 1. The summed E-state index contributed by atoms with van der Waals surface area (Å²) in [7, 11) is 1.36. The maximum Gasteiger partial charge on any atom is 0.309 e. The summed E-state index contributed by atoms with van der Waals surface area (Å²) in [6, 6.07) is 1.95. The van der Waals surface area contributed by atoms with Gasteiger partial charge in [-0.1, -0.05) is 13.3 Å². The smallest absolute Gasteiger partial charge is 0.309 e. The van der Waals surface area contributed by atoms with Crippen LogP contribution in [0.3, 0.4) is 0 Å². The van der Waals surface area contributed by atoms with Crippen LogP contribution in [-0.4, -0.2) is 60.9 Å². The van der Waals surface area contributed by atoms with Gasteiger partial charge in [0, 0.05) is 12.6 Å². The first-order chi connectivity index (χ1) is 18.5. The van der Waals surface area contributed by atoms with Gasteiger partial charge in [-0.25, -0.2) is 4.39 Å². The van der Waals surface area contributed by atoms with Gasteiger partial charge in [0.2, 0.25) is 5.91 Å². The van der Waals surface area contributed by atoms with Crippen molar-refractivity contribution in [2.75, 3.05) is 13.7 Å². The van der Waals surface area contributed by atoms with E-state index in [0.29, 0.717) is 32.2 Å². The molecular formula is C29H39FN2O7. The lowest BCUT2D eigenvalue weighted by atomic mass is 9.70. The number of nitrogens with one attached hydrogen (secondary N) is 2. The minimum Gasteiger partial charge on any atom is -0.496 e. The number of methoxy groups -OCH3 is 1. The van der Waals surface area contributed by atoms with Crippen molar-refractivity contribution >= 4 is 17.8 Å². The number of carboxylic acid groups (broad SMARTS) is 1. The highest BCUT2D eigenvalue weighted by atomic mass is 19.1. The van der Waals surface area contributed by atoms with Crippen LogP contribution in [0.25, 0.3) is 0 Å². The highest BCUT2D eigenvalue weighted by molar-refractivity contribution is 5.98. The average Bonchev–Trinajstić information content (AvgIpc) is 3.50. The first-order valence-corrected chi connectivity index (χ1v) is 14.0. The molecule has 2 aliphatic heterocycles. The Bertz CT molecular complexity index is 1130. The number of hydrogen-bond donors (Lipinski definition) is 3. The zero-order chi connectivity index (χ0) is 27.9. The van der Waals surface area contributed by atoms with E-state index in [1.165, 1.54) is 19.6 Å². The monoisotopic (exact) mass is 546 g/mol. The summed E-state index contributed by atoms with van der Waals surface area (Å²) in [6.45, 7) is 4.49. The number of ether oxygens (including phenoxy) is 3. The SMILES string of the molecule is COc1cc(F)c(OC2CCC(C)(C(=O)O)CC2)cc1C(=O)N[C@@H]1[C@H](C(=O)NCC2(C)CCC2)[C@H]2CC[C@@H]1O2. The molecule has 5 rings (SSSR count).